The SMILES string of the molecule is Cc1ccc(CCC(=O)NCC(=O)NC2(CN)CCCC2)cc1.Cl. The lowest BCUT2D eigenvalue weighted by Crippen LogP contribution is -2.54. The topological polar surface area (TPSA) is 84.2 Å². The predicted molar refractivity (Wildman–Crippen MR) is 98.2 cm³/mol. The molecule has 2 rings (SSSR count). The number of aryl methyl sites for hydroxylation is 2. The molecule has 0 unspecified atom stereocenters. The molecule has 1 aromatic rings. The Bertz CT molecular complexity index is 540. The summed E-state index contributed by atoms with van der Waals surface area (Å²) in [6.45, 7) is 2.52. The Hall–Kier alpha value is -1.59. The fourth-order valence-electron chi connectivity index (χ4n) is 3.05. The first-order valence-corrected chi connectivity index (χ1v) is 8.36. The fourth-order valence-corrected chi connectivity index (χ4v) is 3.05. The molecule has 1 aliphatic rings. The molecule has 4 N–H and O–H groups in total. The summed E-state index contributed by atoms with van der Waals surface area (Å²) in [5, 5.41) is 5.69. The van der Waals surface area contributed by atoms with Crippen molar-refractivity contribution in [1.29, 1.82) is 0 Å². The number of nitrogens with one attached hydrogen (secondary N) is 2. The van der Waals surface area contributed by atoms with Crippen molar-refractivity contribution >= 4 is 24.2 Å². The van der Waals surface area contributed by atoms with Crippen LogP contribution in [0.15, 0.2) is 24.3 Å². The lowest BCUT2D eigenvalue weighted by Gasteiger charge is -2.28. The molecule has 0 heterocycles. The molecule has 134 valence electrons. The van der Waals surface area contributed by atoms with E-state index in [2.05, 4.69) is 10.6 Å². The van der Waals surface area contributed by atoms with Gasteiger partial charge < -0.3 is 16.4 Å². The van der Waals surface area contributed by atoms with Gasteiger partial charge in [0.05, 0.1) is 12.1 Å². The highest BCUT2D eigenvalue weighted by Crippen LogP contribution is 2.28. The molecule has 1 saturated carbocycles. The van der Waals surface area contributed by atoms with Gasteiger partial charge in [-0.15, -0.1) is 12.4 Å². The van der Waals surface area contributed by atoms with E-state index in [1.54, 1.807) is 0 Å². The van der Waals surface area contributed by atoms with Gasteiger partial charge in [-0.1, -0.05) is 42.7 Å². The number of amides is 2. The number of halogens is 1. The smallest absolute Gasteiger partial charge is 0.239 e. The molecule has 0 radical (unpaired) electrons. The lowest BCUT2D eigenvalue weighted by atomic mass is 9.98. The second-order valence-electron chi connectivity index (χ2n) is 6.50. The van der Waals surface area contributed by atoms with Crippen molar-refractivity contribution in [2.75, 3.05) is 13.1 Å². The van der Waals surface area contributed by atoms with E-state index in [9.17, 15) is 9.59 Å². The molecule has 2 amide bonds. The van der Waals surface area contributed by atoms with Crippen LogP contribution in [0.2, 0.25) is 0 Å². The molecule has 6 heteroatoms. The zero-order chi connectivity index (χ0) is 16.7. The summed E-state index contributed by atoms with van der Waals surface area (Å²) >= 11 is 0. The Morgan fingerprint density at radius 2 is 1.75 bits per heavy atom. The number of carbonyl (C=O) groups excluding carboxylic acids is 2. The van der Waals surface area contributed by atoms with Crippen LogP contribution in [0.4, 0.5) is 0 Å². The Morgan fingerprint density at radius 1 is 1.12 bits per heavy atom. The van der Waals surface area contributed by atoms with E-state index >= 15 is 0 Å². The molecule has 5 nitrogen and oxygen atoms in total. The first kappa shape index (κ1) is 20.5. The van der Waals surface area contributed by atoms with Gasteiger partial charge in [-0.05, 0) is 31.7 Å². The standard InChI is InChI=1S/C18H27N3O2.ClH/c1-14-4-6-15(7-5-14)8-9-16(22)20-12-17(23)21-18(13-19)10-2-3-11-18;/h4-7H,2-3,8-13,19H2,1H3,(H,20,22)(H,21,23);1H. The molecular formula is C18H28ClN3O2. The van der Waals surface area contributed by atoms with E-state index < -0.39 is 0 Å². The molecular weight excluding hydrogens is 326 g/mol. The third-order valence-electron chi connectivity index (χ3n) is 4.56. The number of hydrogen-bond donors (Lipinski definition) is 3. The van der Waals surface area contributed by atoms with E-state index in [0.717, 1.165) is 31.2 Å². The zero-order valence-electron chi connectivity index (χ0n) is 14.3. The maximum absolute atomic E-state index is 12.0. The van der Waals surface area contributed by atoms with E-state index in [4.69, 9.17) is 5.73 Å². The van der Waals surface area contributed by atoms with Crippen LogP contribution < -0.4 is 16.4 Å². The van der Waals surface area contributed by atoms with Gasteiger partial charge in [0.2, 0.25) is 11.8 Å². The van der Waals surface area contributed by atoms with Crippen molar-refractivity contribution in [3.63, 3.8) is 0 Å². The second kappa shape index (κ2) is 9.64. The van der Waals surface area contributed by atoms with Gasteiger partial charge in [0.15, 0.2) is 0 Å². The van der Waals surface area contributed by atoms with Crippen molar-refractivity contribution in [2.24, 2.45) is 5.73 Å². The van der Waals surface area contributed by atoms with Crippen LogP contribution in [-0.4, -0.2) is 30.4 Å². The molecule has 0 aromatic heterocycles. The van der Waals surface area contributed by atoms with Gasteiger partial charge in [0.25, 0.3) is 0 Å². The van der Waals surface area contributed by atoms with Crippen LogP contribution in [0.5, 0.6) is 0 Å². The number of rotatable bonds is 7. The molecule has 0 saturated heterocycles. The van der Waals surface area contributed by atoms with Crippen LogP contribution in [0.3, 0.4) is 0 Å². The Balaban J connectivity index is 0.00000288. The van der Waals surface area contributed by atoms with Crippen LogP contribution in [0, 0.1) is 6.92 Å². The van der Waals surface area contributed by atoms with Gasteiger partial charge in [-0.25, -0.2) is 0 Å². The third kappa shape index (κ3) is 6.13. The highest BCUT2D eigenvalue weighted by Gasteiger charge is 2.33. The van der Waals surface area contributed by atoms with Crippen LogP contribution in [-0.2, 0) is 16.0 Å². The average Bonchev–Trinajstić information content (AvgIpc) is 3.01. The van der Waals surface area contributed by atoms with Crippen LogP contribution in [0.25, 0.3) is 0 Å². The summed E-state index contributed by atoms with van der Waals surface area (Å²) in [4.78, 5) is 23.9. The zero-order valence-corrected chi connectivity index (χ0v) is 15.1. The maximum atomic E-state index is 12.0. The molecule has 1 aromatic carbocycles. The minimum atomic E-state index is -0.260. The van der Waals surface area contributed by atoms with Crippen LogP contribution >= 0.6 is 12.4 Å². The average molecular weight is 354 g/mol. The van der Waals surface area contributed by atoms with E-state index in [0.29, 0.717) is 19.4 Å². The first-order valence-electron chi connectivity index (χ1n) is 8.36. The number of benzene rings is 1. The summed E-state index contributed by atoms with van der Waals surface area (Å²) in [5.74, 6) is -0.255. The largest absolute Gasteiger partial charge is 0.348 e. The number of nitrogens with two attached hydrogens (primary N) is 1. The quantitative estimate of drug-likeness (QED) is 0.699. The van der Waals surface area contributed by atoms with Crippen molar-refractivity contribution in [2.45, 2.75) is 51.0 Å². The molecule has 1 fully saturated rings. The second-order valence-corrected chi connectivity index (χ2v) is 6.50. The normalized spacial score (nSPS) is 15.4. The van der Waals surface area contributed by atoms with E-state index in [-0.39, 0.29) is 36.3 Å². The Morgan fingerprint density at radius 3 is 2.33 bits per heavy atom. The van der Waals surface area contributed by atoms with Gasteiger partial charge in [0, 0.05) is 13.0 Å². The number of carbonyl (C=O) groups is 2. The van der Waals surface area contributed by atoms with Crippen molar-refractivity contribution < 1.29 is 9.59 Å². The monoisotopic (exact) mass is 353 g/mol. The molecule has 0 aliphatic heterocycles. The van der Waals surface area contributed by atoms with E-state index in [1.165, 1.54) is 5.56 Å². The maximum Gasteiger partial charge on any atom is 0.239 e. The number of hydrogen-bond acceptors (Lipinski definition) is 3. The van der Waals surface area contributed by atoms with Crippen molar-refractivity contribution in [3.05, 3.63) is 35.4 Å². The van der Waals surface area contributed by atoms with Gasteiger partial charge in [-0.2, -0.15) is 0 Å². The Kier molecular flexibility index (Phi) is 8.22. The summed E-state index contributed by atoms with van der Waals surface area (Å²) in [5.41, 5.74) is 7.87. The third-order valence-corrected chi connectivity index (χ3v) is 4.56. The van der Waals surface area contributed by atoms with Gasteiger partial charge in [-0.3, -0.25) is 9.59 Å². The van der Waals surface area contributed by atoms with Gasteiger partial charge in [0.1, 0.15) is 0 Å². The van der Waals surface area contributed by atoms with Crippen molar-refractivity contribution in [3.8, 4) is 0 Å². The summed E-state index contributed by atoms with van der Waals surface area (Å²) in [6.07, 6.45) is 5.12. The molecule has 0 spiro atoms. The fraction of sp³-hybridized carbons (Fsp3) is 0.556. The molecule has 0 bridgehead atoms. The molecule has 24 heavy (non-hydrogen) atoms. The van der Waals surface area contributed by atoms with Crippen LogP contribution in [0.1, 0.15) is 43.2 Å². The van der Waals surface area contributed by atoms with Gasteiger partial charge >= 0.3 is 0 Å². The highest BCUT2D eigenvalue weighted by atomic mass is 35.5. The lowest BCUT2D eigenvalue weighted by molar-refractivity contribution is -0.127. The summed E-state index contributed by atoms with van der Waals surface area (Å²) in [7, 11) is 0. The minimum absolute atomic E-state index is 0. The molecule has 0 atom stereocenters. The molecule has 1 aliphatic carbocycles. The Labute approximate surface area is 150 Å². The predicted octanol–water partition coefficient (Wildman–Crippen LogP) is 1.85. The summed E-state index contributed by atoms with van der Waals surface area (Å²) in [6, 6.07) is 8.13. The summed E-state index contributed by atoms with van der Waals surface area (Å²) < 4.78 is 0. The van der Waals surface area contributed by atoms with Crippen molar-refractivity contribution in [1.82, 2.24) is 10.6 Å². The minimum Gasteiger partial charge on any atom is -0.348 e. The highest BCUT2D eigenvalue weighted by molar-refractivity contribution is 5.85. The first-order chi connectivity index (χ1) is 11.0. The van der Waals surface area contributed by atoms with E-state index in [1.807, 2.05) is 31.2 Å².